The van der Waals surface area contributed by atoms with Crippen LogP contribution in [-0.4, -0.2) is 5.16 Å². The molecule has 2 aromatic rings. The molecule has 1 fully saturated rings. The number of hydrogen-bond acceptors (Lipinski definition) is 3. The van der Waals surface area contributed by atoms with Gasteiger partial charge >= 0.3 is 0 Å². The number of aromatic nitrogens is 1. The minimum Gasteiger partial charge on any atom is -0.380 e. The standard InChI is InChI=1S/C16H19ClN2O/c1-16(2)9-3-4-12(16)14-13(15(18)19-20-14)10-5-7-11(17)8-6-10/h5-8,12H,3-4,9H2,1-2H3,(H2,18,19). The summed E-state index contributed by atoms with van der Waals surface area (Å²) in [6.07, 6.45) is 3.55. The summed E-state index contributed by atoms with van der Waals surface area (Å²) in [6.45, 7) is 4.57. The van der Waals surface area contributed by atoms with E-state index in [1.807, 2.05) is 24.3 Å². The molecular weight excluding hydrogens is 272 g/mol. The predicted molar refractivity (Wildman–Crippen MR) is 81.7 cm³/mol. The van der Waals surface area contributed by atoms with E-state index in [9.17, 15) is 0 Å². The molecule has 0 spiro atoms. The Morgan fingerprint density at radius 2 is 2.00 bits per heavy atom. The van der Waals surface area contributed by atoms with Crippen LogP contribution in [-0.2, 0) is 0 Å². The Morgan fingerprint density at radius 3 is 2.60 bits per heavy atom. The van der Waals surface area contributed by atoms with E-state index in [0.717, 1.165) is 23.3 Å². The molecule has 0 saturated heterocycles. The van der Waals surface area contributed by atoms with E-state index < -0.39 is 0 Å². The number of benzene rings is 1. The fraction of sp³-hybridized carbons (Fsp3) is 0.438. The number of nitrogens with zero attached hydrogens (tertiary/aromatic N) is 1. The van der Waals surface area contributed by atoms with E-state index in [4.69, 9.17) is 21.9 Å². The lowest BCUT2D eigenvalue weighted by Crippen LogP contribution is -2.15. The molecule has 2 N–H and O–H groups in total. The topological polar surface area (TPSA) is 52.0 Å². The molecule has 1 aliphatic carbocycles. The Kier molecular flexibility index (Phi) is 3.25. The zero-order valence-electron chi connectivity index (χ0n) is 11.8. The maximum Gasteiger partial charge on any atom is 0.175 e. The minimum absolute atomic E-state index is 0.229. The fourth-order valence-electron chi connectivity index (χ4n) is 3.27. The van der Waals surface area contributed by atoms with E-state index in [1.165, 1.54) is 12.8 Å². The van der Waals surface area contributed by atoms with Gasteiger partial charge in [-0.15, -0.1) is 0 Å². The number of hydrogen-bond donors (Lipinski definition) is 1. The van der Waals surface area contributed by atoms with Gasteiger partial charge in [-0.25, -0.2) is 0 Å². The van der Waals surface area contributed by atoms with Gasteiger partial charge in [0.1, 0.15) is 5.76 Å². The van der Waals surface area contributed by atoms with Gasteiger partial charge in [0, 0.05) is 10.9 Å². The normalized spacial score (nSPS) is 21.2. The number of anilines is 1. The van der Waals surface area contributed by atoms with Crippen LogP contribution in [0.2, 0.25) is 5.02 Å². The van der Waals surface area contributed by atoms with Gasteiger partial charge in [-0.1, -0.05) is 49.2 Å². The highest BCUT2D eigenvalue weighted by Crippen LogP contribution is 2.51. The molecule has 3 nitrogen and oxygen atoms in total. The third kappa shape index (κ3) is 2.20. The van der Waals surface area contributed by atoms with Crippen LogP contribution < -0.4 is 5.73 Å². The maximum atomic E-state index is 6.03. The van der Waals surface area contributed by atoms with E-state index in [2.05, 4.69) is 19.0 Å². The SMILES string of the molecule is CC1(C)CCCC1c1onc(N)c1-c1ccc(Cl)cc1. The van der Waals surface area contributed by atoms with Crippen molar-refractivity contribution in [2.24, 2.45) is 5.41 Å². The van der Waals surface area contributed by atoms with Crippen LogP contribution in [0, 0.1) is 5.41 Å². The number of rotatable bonds is 2. The second-order valence-corrected chi connectivity index (χ2v) is 6.68. The summed E-state index contributed by atoms with van der Waals surface area (Å²) in [5.74, 6) is 1.76. The lowest BCUT2D eigenvalue weighted by atomic mass is 9.79. The molecule has 1 heterocycles. The molecule has 0 aliphatic heterocycles. The van der Waals surface area contributed by atoms with Gasteiger partial charge in [0.2, 0.25) is 0 Å². The summed E-state index contributed by atoms with van der Waals surface area (Å²) in [4.78, 5) is 0. The van der Waals surface area contributed by atoms with Crippen LogP contribution in [0.1, 0.15) is 44.8 Å². The van der Waals surface area contributed by atoms with Gasteiger partial charge in [-0.3, -0.25) is 0 Å². The average Bonchev–Trinajstić information content (AvgIpc) is 2.93. The summed E-state index contributed by atoms with van der Waals surface area (Å²) < 4.78 is 5.59. The molecule has 1 aromatic heterocycles. The molecule has 1 aromatic carbocycles. The van der Waals surface area contributed by atoms with E-state index in [0.29, 0.717) is 16.8 Å². The summed E-state index contributed by atoms with van der Waals surface area (Å²) in [7, 11) is 0. The van der Waals surface area contributed by atoms with Crippen LogP contribution in [0.15, 0.2) is 28.8 Å². The summed E-state index contributed by atoms with van der Waals surface area (Å²) in [6, 6.07) is 7.67. The first-order chi connectivity index (χ1) is 9.49. The van der Waals surface area contributed by atoms with Crippen molar-refractivity contribution in [2.45, 2.75) is 39.0 Å². The van der Waals surface area contributed by atoms with E-state index >= 15 is 0 Å². The van der Waals surface area contributed by atoms with Crippen molar-refractivity contribution in [3.05, 3.63) is 35.0 Å². The molecule has 1 aliphatic rings. The molecule has 0 amide bonds. The molecule has 0 radical (unpaired) electrons. The lowest BCUT2D eigenvalue weighted by Gasteiger charge is -2.25. The Morgan fingerprint density at radius 1 is 1.30 bits per heavy atom. The molecule has 4 heteroatoms. The highest BCUT2D eigenvalue weighted by atomic mass is 35.5. The first kappa shape index (κ1) is 13.5. The first-order valence-electron chi connectivity index (χ1n) is 7.00. The van der Waals surface area contributed by atoms with Crippen LogP contribution >= 0.6 is 11.6 Å². The van der Waals surface area contributed by atoms with Gasteiger partial charge in [0.05, 0.1) is 5.56 Å². The highest BCUT2D eigenvalue weighted by molar-refractivity contribution is 6.30. The molecule has 1 atom stereocenters. The van der Waals surface area contributed by atoms with Crippen molar-refractivity contribution in [2.75, 3.05) is 5.73 Å². The number of nitrogens with two attached hydrogens (primary N) is 1. The summed E-state index contributed by atoms with van der Waals surface area (Å²) in [5.41, 5.74) is 8.21. The first-order valence-corrected chi connectivity index (χ1v) is 7.38. The number of halogens is 1. The van der Waals surface area contributed by atoms with Crippen LogP contribution in [0.4, 0.5) is 5.82 Å². The van der Waals surface area contributed by atoms with Crippen LogP contribution in [0.25, 0.3) is 11.1 Å². The smallest absolute Gasteiger partial charge is 0.175 e. The van der Waals surface area contributed by atoms with Gasteiger partial charge in [-0.2, -0.15) is 0 Å². The monoisotopic (exact) mass is 290 g/mol. The van der Waals surface area contributed by atoms with Crippen molar-refractivity contribution in [1.82, 2.24) is 5.16 Å². The third-order valence-electron chi connectivity index (χ3n) is 4.45. The third-order valence-corrected chi connectivity index (χ3v) is 4.70. The van der Waals surface area contributed by atoms with Crippen molar-refractivity contribution in [1.29, 1.82) is 0 Å². The zero-order chi connectivity index (χ0) is 14.3. The highest BCUT2D eigenvalue weighted by Gasteiger charge is 2.40. The largest absolute Gasteiger partial charge is 0.380 e. The Bertz CT molecular complexity index is 616. The summed E-state index contributed by atoms with van der Waals surface area (Å²) >= 11 is 5.95. The van der Waals surface area contributed by atoms with E-state index in [-0.39, 0.29) is 5.41 Å². The van der Waals surface area contributed by atoms with Gasteiger partial charge < -0.3 is 10.3 Å². The molecule has 1 unspecified atom stereocenters. The molecule has 0 bridgehead atoms. The van der Waals surface area contributed by atoms with Crippen LogP contribution in [0.5, 0.6) is 0 Å². The van der Waals surface area contributed by atoms with Crippen molar-refractivity contribution >= 4 is 17.4 Å². The van der Waals surface area contributed by atoms with Crippen LogP contribution in [0.3, 0.4) is 0 Å². The van der Waals surface area contributed by atoms with Crippen molar-refractivity contribution in [3.63, 3.8) is 0 Å². The molecular formula is C16H19ClN2O. The lowest BCUT2D eigenvalue weighted by molar-refractivity contribution is 0.269. The van der Waals surface area contributed by atoms with Crippen molar-refractivity contribution < 1.29 is 4.52 Å². The zero-order valence-corrected chi connectivity index (χ0v) is 12.6. The van der Waals surface area contributed by atoms with Crippen molar-refractivity contribution in [3.8, 4) is 11.1 Å². The average molecular weight is 291 g/mol. The quantitative estimate of drug-likeness (QED) is 0.858. The second-order valence-electron chi connectivity index (χ2n) is 6.25. The number of nitrogen functional groups attached to an aromatic ring is 1. The molecule has 1 saturated carbocycles. The molecule has 3 rings (SSSR count). The molecule has 106 valence electrons. The van der Waals surface area contributed by atoms with Gasteiger partial charge in [-0.05, 0) is 36.0 Å². The Balaban J connectivity index is 2.08. The minimum atomic E-state index is 0.229. The van der Waals surface area contributed by atoms with Gasteiger partial charge in [0.15, 0.2) is 5.82 Å². The Hall–Kier alpha value is -1.48. The summed E-state index contributed by atoms with van der Waals surface area (Å²) in [5, 5.41) is 4.71. The molecule has 20 heavy (non-hydrogen) atoms. The fourth-order valence-corrected chi connectivity index (χ4v) is 3.40. The van der Waals surface area contributed by atoms with E-state index in [1.54, 1.807) is 0 Å². The predicted octanol–water partition coefficient (Wildman–Crippen LogP) is 4.87. The Labute approximate surface area is 124 Å². The second kappa shape index (κ2) is 4.81. The maximum absolute atomic E-state index is 6.03. The van der Waals surface area contributed by atoms with Gasteiger partial charge in [0.25, 0.3) is 0 Å².